The van der Waals surface area contributed by atoms with Crippen LogP contribution in [0.25, 0.3) is 6.08 Å². The number of para-hydroxylation sites is 1. The van der Waals surface area contributed by atoms with Crippen molar-refractivity contribution in [3.05, 3.63) is 61.0 Å². The van der Waals surface area contributed by atoms with Gasteiger partial charge in [0.2, 0.25) is 0 Å². The molecule has 2 aromatic rings. The third-order valence-electron chi connectivity index (χ3n) is 3.36. The third kappa shape index (κ3) is 4.63. The van der Waals surface area contributed by atoms with Crippen molar-refractivity contribution in [3.63, 3.8) is 0 Å². The molecule has 25 heavy (non-hydrogen) atoms. The normalized spacial score (nSPS) is 11.0. The zero-order chi connectivity index (χ0) is 18.6. The number of hydrogen-bond acceptors (Lipinski definition) is 3. The lowest BCUT2D eigenvalue weighted by molar-refractivity contribution is -0.112. The van der Waals surface area contributed by atoms with E-state index in [1.54, 1.807) is 31.4 Å². The van der Waals surface area contributed by atoms with Crippen LogP contribution in [-0.4, -0.2) is 13.0 Å². The van der Waals surface area contributed by atoms with E-state index in [1.165, 1.54) is 6.08 Å². The number of rotatable bonds is 4. The molecular formula is C18H13Br2ClN2O2. The van der Waals surface area contributed by atoms with Gasteiger partial charge in [0, 0.05) is 0 Å². The van der Waals surface area contributed by atoms with E-state index in [0.717, 1.165) is 5.56 Å². The molecule has 4 nitrogen and oxygen atoms in total. The molecule has 0 aliphatic carbocycles. The third-order valence-corrected chi connectivity index (χ3v) is 4.85. The van der Waals surface area contributed by atoms with Gasteiger partial charge in [-0.3, -0.25) is 4.79 Å². The van der Waals surface area contributed by atoms with Gasteiger partial charge in [-0.1, -0.05) is 23.7 Å². The average molecular weight is 485 g/mol. The zero-order valence-electron chi connectivity index (χ0n) is 13.4. The van der Waals surface area contributed by atoms with Crippen LogP contribution in [0.15, 0.2) is 44.9 Å². The highest BCUT2D eigenvalue weighted by Crippen LogP contribution is 2.35. The summed E-state index contributed by atoms with van der Waals surface area (Å²) in [6, 6.07) is 10.7. The van der Waals surface area contributed by atoms with Crippen LogP contribution in [0.4, 0.5) is 5.69 Å². The van der Waals surface area contributed by atoms with Crippen LogP contribution >= 0.6 is 43.5 Å². The molecule has 1 N–H and O–H groups in total. The molecule has 0 saturated carbocycles. The second kappa shape index (κ2) is 8.52. The number of amides is 1. The Balaban J connectivity index is 2.35. The summed E-state index contributed by atoms with van der Waals surface area (Å²) < 4.78 is 6.65. The number of nitriles is 1. The lowest BCUT2D eigenvalue weighted by atomic mass is 10.1. The van der Waals surface area contributed by atoms with E-state index >= 15 is 0 Å². The molecule has 0 fully saturated rings. The summed E-state index contributed by atoms with van der Waals surface area (Å²) in [6.45, 7) is 1.83. The first-order valence-corrected chi connectivity index (χ1v) is 9.05. The van der Waals surface area contributed by atoms with Crippen molar-refractivity contribution in [2.75, 3.05) is 12.4 Å². The predicted molar refractivity (Wildman–Crippen MR) is 107 cm³/mol. The number of halogens is 3. The number of carbonyl (C=O) groups is 1. The minimum Gasteiger partial charge on any atom is -0.494 e. The zero-order valence-corrected chi connectivity index (χ0v) is 17.3. The Labute approximate surface area is 167 Å². The maximum absolute atomic E-state index is 12.4. The maximum atomic E-state index is 12.4. The Morgan fingerprint density at radius 1 is 1.32 bits per heavy atom. The smallest absolute Gasteiger partial charge is 0.266 e. The Kier molecular flexibility index (Phi) is 6.65. The number of aryl methyl sites for hydroxylation is 1. The summed E-state index contributed by atoms with van der Waals surface area (Å²) in [4.78, 5) is 12.4. The summed E-state index contributed by atoms with van der Waals surface area (Å²) in [7, 11) is 1.56. The summed E-state index contributed by atoms with van der Waals surface area (Å²) in [6.07, 6.45) is 1.50. The Morgan fingerprint density at radius 3 is 2.48 bits per heavy atom. The van der Waals surface area contributed by atoms with E-state index in [9.17, 15) is 10.1 Å². The number of nitrogens with zero attached hydrogens (tertiary/aromatic N) is 1. The summed E-state index contributed by atoms with van der Waals surface area (Å²) in [5, 5.41) is 12.5. The number of methoxy groups -OCH3 is 1. The van der Waals surface area contributed by atoms with Gasteiger partial charge in [-0.25, -0.2) is 0 Å². The van der Waals surface area contributed by atoms with Crippen molar-refractivity contribution < 1.29 is 9.53 Å². The molecule has 0 radical (unpaired) electrons. The molecule has 0 aromatic heterocycles. The van der Waals surface area contributed by atoms with E-state index in [2.05, 4.69) is 37.2 Å². The largest absolute Gasteiger partial charge is 0.494 e. The highest BCUT2D eigenvalue weighted by Gasteiger charge is 2.14. The second-order valence-corrected chi connectivity index (χ2v) is 7.19. The van der Waals surface area contributed by atoms with Gasteiger partial charge in [-0.05, 0) is 74.2 Å². The summed E-state index contributed by atoms with van der Waals surface area (Å²) in [5.41, 5.74) is 1.94. The molecule has 0 atom stereocenters. The van der Waals surface area contributed by atoms with Crippen LogP contribution in [0.1, 0.15) is 11.1 Å². The Bertz CT molecular complexity index is 861. The highest BCUT2D eigenvalue weighted by atomic mass is 79.9. The number of ether oxygens (including phenoxy) is 1. The molecule has 0 unspecified atom stereocenters. The minimum atomic E-state index is -0.526. The van der Waals surface area contributed by atoms with E-state index < -0.39 is 5.91 Å². The average Bonchev–Trinajstić information content (AvgIpc) is 2.55. The van der Waals surface area contributed by atoms with Crippen LogP contribution in [-0.2, 0) is 4.79 Å². The Morgan fingerprint density at radius 2 is 1.96 bits per heavy atom. The highest BCUT2D eigenvalue weighted by molar-refractivity contribution is 9.11. The topological polar surface area (TPSA) is 62.1 Å². The molecule has 1 amide bonds. The fourth-order valence-corrected chi connectivity index (χ4v) is 3.96. The fraction of sp³-hybridized carbons (Fsp3) is 0.111. The summed E-state index contributed by atoms with van der Waals surface area (Å²) in [5.74, 6) is 0.105. The van der Waals surface area contributed by atoms with E-state index in [1.807, 2.05) is 19.1 Å². The molecule has 2 aromatic carbocycles. The van der Waals surface area contributed by atoms with Gasteiger partial charge in [0.15, 0.2) is 0 Å². The van der Waals surface area contributed by atoms with Crippen molar-refractivity contribution in [1.29, 1.82) is 5.26 Å². The lowest BCUT2D eigenvalue weighted by Gasteiger charge is -2.10. The first kappa shape index (κ1) is 19.5. The van der Waals surface area contributed by atoms with E-state index in [4.69, 9.17) is 16.3 Å². The van der Waals surface area contributed by atoms with Gasteiger partial charge in [0.1, 0.15) is 17.4 Å². The van der Waals surface area contributed by atoms with Crippen LogP contribution in [0, 0.1) is 18.3 Å². The second-order valence-electron chi connectivity index (χ2n) is 5.07. The van der Waals surface area contributed by atoms with Crippen molar-refractivity contribution in [1.82, 2.24) is 0 Å². The van der Waals surface area contributed by atoms with Gasteiger partial charge in [0.25, 0.3) is 5.91 Å². The van der Waals surface area contributed by atoms with Gasteiger partial charge >= 0.3 is 0 Å². The van der Waals surface area contributed by atoms with Crippen LogP contribution in [0.3, 0.4) is 0 Å². The van der Waals surface area contributed by atoms with Crippen molar-refractivity contribution in [2.45, 2.75) is 6.92 Å². The quantitative estimate of drug-likeness (QED) is 0.446. The number of anilines is 1. The standard InChI is InChI=1S/C18H13Br2ClN2O2/c1-10-4-3-5-15(21)16(10)23-18(24)12(9-22)6-11-7-13(19)17(25-2)14(20)8-11/h3-8H,1-2H3,(H,23,24)/b12-6+. The van der Waals surface area contributed by atoms with Gasteiger partial charge in [-0.2, -0.15) is 5.26 Å². The molecule has 0 bridgehead atoms. The maximum Gasteiger partial charge on any atom is 0.266 e. The van der Waals surface area contributed by atoms with Crippen molar-refractivity contribution in [2.24, 2.45) is 0 Å². The molecule has 0 aliphatic heterocycles. The predicted octanol–water partition coefficient (Wildman–Crippen LogP) is 5.73. The van der Waals surface area contributed by atoms with Crippen LogP contribution < -0.4 is 10.1 Å². The first-order chi connectivity index (χ1) is 11.9. The van der Waals surface area contributed by atoms with Crippen LogP contribution in [0.2, 0.25) is 5.02 Å². The molecule has 0 heterocycles. The van der Waals surface area contributed by atoms with Crippen molar-refractivity contribution >= 4 is 61.1 Å². The number of benzene rings is 2. The first-order valence-electron chi connectivity index (χ1n) is 7.08. The van der Waals surface area contributed by atoms with Gasteiger partial charge in [-0.15, -0.1) is 0 Å². The monoisotopic (exact) mass is 482 g/mol. The van der Waals surface area contributed by atoms with Crippen LogP contribution in [0.5, 0.6) is 5.75 Å². The molecule has 7 heteroatoms. The minimum absolute atomic E-state index is 0.0386. The fourth-order valence-electron chi connectivity index (χ4n) is 2.14. The van der Waals surface area contributed by atoms with Crippen molar-refractivity contribution in [3.8, 4) is 11.8 Å². The van der Waals surface area contributed by atoms with E-state index in [0.29, 0.717) is 31.0 Å². The lowest BCUT2D eigenvalue weighted by Crippen LogP contribution is -2.14. The molecule has 0 aliphatic rings. The Hall–Kier alpha value is -1.81. The molecule has 128 valence electrons. The molecular weight excluding hydrogens is 471 g/mol. The molecule has 0 spiro atoms. The van der Waals surface area contributed by atoms with Gasteiger partial charge < -0.3 is 10.1 Å². The number of nitrogens with one attached hydrogen (secondary N) is 1. The number of carbonyl (C=O) groups excluding carboxylic acids is 1. The summed E-state index contributed by atoms with van der Waals surface area (Å²) >= 11 is 12.9. The number of hydrogen-bond donors (Lipinski definition) is 1. The SMILES string of the molecule is COc1c(Br)cc(/C=C(\C#N)C(=O)Nc2c(C)cccc2Cl)cc1Br. The molecule has 2 rings (SSSR count). The van der Waals surface area contributed by atoms with Gasteiger partial charge in [0.05, 0.1) is 26.8 Å². The molecule has 0 saturated heterocycles. The van der Waals surface area contributed by atoms with E-state index in [-0.39, 0.29) is 5.57 Å².